The van der Waals surface area contributed by atoms with E-state index >= 15 is 0 Å². The fraction of sp³-hybridized carbons (Fsp3) is 0.538. The maximum Gasteiger partial charge on any atom is 0.251 e. The Hall–Kier alpha value is -2.60. The molecule has 0 bridgehead atoms. The minimum absolute atomic E-state index is 0.00896. The third-order valence-electron chi connectivity index (χ3n) is 6.66. The highest BCUT2D eigenvalue weighted by Crippen LogP contribution is 2.43. The van der Waals surface area contributed by atoms with Crippen LogP contribution in [0.15, 0.2) is 46.7 Å². The smallest absolute Gasteiger partial charge is 0.251 e. The van der Waals surface area contributed by atoms with Crippen molar-refractivity contribution in [3.63, 3.8) is 0 Å². The summed E-state index contributed by atoms with van der Waals surface area (Å²) in [5.41, 5.74) is 4.89. The van der Waals surface area contributed by atoms with Gasteiger partial charge in [-0.3, -0.25) is 9.59 Å². The highest BCUT2D eigenvalue weighted by molar-refractivity contribution is 5.99. The van der Waals surface area contributed by atoms with E-state index in [-0.39, 0.29) is 17.9 Å². The lowest BCUT2D eigenvalue weighted by atomic mass is 9.88. The second-order valence-electron chi connectivity index (χ2n) is 9.58. The van der Waals surface area contributed by atoms with Gasteiger partial charge < -0.3 is 20.6 Å². The summed E-state index contributed by atoms with van der Waals surface area (Å²) >= 11 is 0. The number of nitrogens with one attached hydrogen (secondary N) is 2. The second-order valence-corrected chi connectivity index (χ2v) is 9.58. The molecule has 1 heterocycles. The lowest BCUT2D eigenvalue weighted by Gasteiger charge is -2.27. The second kappa shape index (κ2) is 9.90. The number of amides is 2. The zero-order chi connectivity index (χ0) is 23.5. The monoisotopic (exact) mass is 439 g/mol. The van der Waals surface area contributed by atoms with Crippen LogP contribution in [0.2, 0.25) is 0 Å². The Morgan fingerprint density at radius 1 is 1.25 bits per heavy atom. The van der Waals surface area contributed by atoms with E-state index in [1.165, 1.54) is 5.56 Å². The number of aliphatic hydroxyl groups is 1. The van der Waals surface area contributed by atoms with Gasteiger partial charge in [-0.05, 0) is 44.2 Å². The van der Waals surface area contributed by atoms with Crippen LogP contribution in [0, 0.1) is 6.92 Å². The molecular formula is C26H37N3O3. The molecule has 6 nitrogen and oxygen atoms in total. The first-order valence-corrected chi connectivity index (χ1v) is 11.6. The van der Waals surface area contributed by atoms with Crippen molar-refractivity contribution in [1.82, 2.24) is 15.5 Å². The van der Waals surface area contributed by atoms with Crippen LogP contribution in [0.4, 0.5) is 0 Å². The lowest BCUT2D eigenvalue weighted by molar-refractivity contribution is -0.119. The number of allylic oxidation sites excluding steroid dienone is 1. The highest BCUT2D eigenvalue weighted by Gasteiger charge is 2.42. The zero-order valence-corrected chi connectivity index (χ0v) is 20.0. The minimum Gasteiger partial charge on any atom is -0.389 e. The van der Waals surface area contributed by atoms with E-state index in [0.717, 1.165) is 35.2 Å². The molecule has 1 aliphatic carbocycles. The van der Waals surface area contributed by atoms with Gasteiger partial charge in [-0.2, -0.15) is 0 Å². The summed E-state index contributed by atoms with van der Waals surface area (Å²) in [6.45, 7) is 6.55. The van der Waals surface area contributed by atoms with Crippen LogP contribution in [0.3, 0.4) is 0 Å². The molecule has 2 atom stereocenters. The van der Waals surface area contributed by atoms with Crippen molar-refractivity contribution in [1.29, 1.82) is 0 Å². The van der Waals surface area contributed by atoms with Gasteiger partial charge in [-0.1, -0.05) is 42.3 Å². The van der Waals surface area contributed by atoms with E-state index in [1.54, 1.807) is 0 Å². The maximum absolute atomic E-state index is 13.4. The van der Waals surface area contributed by atoms with Crippen LogP contribution in [0.1, 0.15) is 63.5 Å². The normalized spacial score (nSPS) is 23.8. The SMILES string of the molecule is CCC(C)=C(C(=O)NCc1ccc(C)cc1)C1=C(N(C)C)CC(O)(CC2CCC(=O)N2)C1. The Labute approximate surface area is 191 Å². The maximum atomic E-state index is 13.4. The molecule has 2 aliphatic rings. The molecule has 0 saturated carbocycles. The van der Waals surface area contributed by atoms with Crippen LogP contribution in [-0.2, 0) is 16.1 Å². The van der Waals surface area contributed by atoms with Gasteiger partial charge in [0.2, 0.25) is 5.91 Å². The molecule has 174 valence electrons. The summed E-state index contributed by atoms with van der Waals surface area (Å²) in [7, 11) is 3.92. The molecule has 0 aromatic heterocycles. The van der Waals surface area contributed by atoms with Gasteiger partial charge in [-0.25, -0.2) is 0 Å². The van der Waals surface area contributed by atoms with E-state index < -0.39 is 5.60 Å². The first-order valence-electron chi connectivity index (χ1n) is 11.6. The van der Waals surface area contributed by atoms with Crippen LogP contribution in [-0.4, -0.2) is 47.6 Å². The number of nitrogens with zero attached hydrogens (tertiary/aromatic N) is 1. The molecule has 1 saturated heterocycles. The standard InChI is InChI=1S/C26H37N3O3/c1-6-18(3)24(25(31)27-16-19-9-7-17(2)8-10-19)21-14-26(32,15-22(21)29(4)5)13-20-11-12-23(30)28-20/h7-10,20,32H,6,11-16H2,1-5H3,(H,27,31)(H,28,30). The third kappa shape index (κ3) is 5.60. The predicted octanol–water partition coefficient (Wildman–Crippen LogP) is 3.35. The molecule has 1 aromatic carbocycles. The molecule has 3 rings (SSSR count). The zero-order valence-electron chi connectivity index (χ0n) is 20.0. The van der Waals surface area contributed by atoms with Crippen molar-refractivity contribution in [2.45, 2.75) is 77.5 Å². The van der Waals surface area contributed by atoms with Gasteiger partial charge in [-0.15, -0.1) is 0 Å². The van der Waals surface area contributed by atoms with Crippen molar-refractivity contribution < 1.29 is 14.7 Å². The summed E-state index contributed by atoms with van der Waals surface area (Å²) in [5.74, 6) is -0.0480. The van der Waals surface area contributed by atoms with Gasteiger partial charge in [0.25, 0.3) is 5.91 Å². The Morgan fingerprint density at radius 2 is 1.94 bits per heavy atom. The molecule has 1 fully saturated rings. The average molecular weight is 440 g/mol. The van der Waals surface area contributed by atoms with Gasteiger partial charge >= 0.3 is 0 Å². The lowest BCUT2D eigenvalue weighted by Crippen LogP contribution is -2.37. The first-order chi connectivity index (χ1) is 15.1. The summed E-state index contributed by atoms with van der Waals surface area (Å²) < 4.78 is 0. The van der Waals surface area contributed by atoms with E-state index in [0.29, 0.717) is 37.8 Å². The number of benzene rings is 1. The Kier molecular flexibility index (Phi) is 7.44. The van der Waals surface area contributed by atoms with E-state index in [4.69, 9.17) is 0 Å². The Bertz CT molecular complexity index is 930. The fourth-order valence-corrected chi connectivity index (χ4v) is 4.75. The number of rotatable bonds is 8. The summed E-state index contributed by atoms with van der Waals surface area (Å²) in [6.07, 6.45) is 3.42. The molecule has 2 unspecified atom stereocenters. The van der Waals surface area contributed by atoms with Crippen molar-refractivity contribution in [2.75, 3.05) is 14.1 Å². The molecule has 2 amide bonds. The quantitative estimate of drug-likeness (QED) is 0.543. The summed E-state index contributed by atoms with van der Waals surface area (Å²) in [4.78, 5) is 27.0. The third-order valence-corrected chi connectivity index (χ3v) is 6.66. The van der Waals surface area contributed by atoms with Crippen LogP contribution < -0.4 is 10.6 Å². The largest absolute Gasteiger partial charge is 0.389 e. The van der Waals surface area contributed by atoms with Crippen molar-refractivity contribution in [3.05, 3.63) is 57.8 Å². The Balaban J connectivity index is 1.82. The molecule has 0 radical (unpaired) electrons. The molecule has 32 heavy (non-hydrogen) atoms. The molecule has 1 aromatic rings. The van der Waals surface area contributed by atoms with Crippen molar-refractivity contribution >= 4 is 11.8 Å². The highest BCUT2D eigenvalue weighted by atomic mass is 16.3. The number of carbonyl (C=O) groups is 2. The number of hydrogen-bond acceptors (Lipinski definition) is 4. The van der Waals surface area contributed by atoms with E-state index in [1.807, 2.05) is 64.0 Å². The molecule has 6 heteroatoms. The molecule has 1 aliphatic heterocycles. The number of carbonyl (C=O) groups excluding carboxylic acids is 2. The van der Waals surface area contributed by atoms with Crippen LogP contribution in [0.25, 0.3) is 0 Å². The van der Waals surface area contributed by atoms with Gasteiger partial charge in [0.05, 0.1) is 5.60 Å². The Morgan fingerprint density at radius 3 is 2.50 bits per heavy atom. The molecule has 0 spiro atoms. The summed E-state index contributed by atoms with van der Waals surface area (Å²) in [6, 6.07) is 8.13. The van der Waals surface area contributed by atoms with Crippen molar-refractivity contribution in [3.8, 4) is 0 Å². The average Bonchev–Trinajstić information content (AvgIpc) is 3.30. The van der Waals surface area contributed by atoms with Gasteiger partial charge in [0, 0.05) is 57.2 Å². The molecule has 3 N–H and O–H groups in total. The van der Waals surface area contributed by atoms with Crippen molar-refractivity contribution in [2.24, 2.45) is 0 Å². The van der Waals surface area contributed by atoms with Crippen LogP contribution in [0.5, 0.6) is 0 Å². The number of aryl methyl sites for hydroxylation is 1. The first kappa shape index (κ1) is 24.1. The van der Waals surface area contributed by atoms with E-state index in [9.17, 15) is 14.7 Å². The number of hydrogen-bond donors (Lipinski definition) is 3. The topological polar surface area (TPSA) is 81.7 Å². The fourth-order valence-electron chi connectivity index (χ4n) is 4.75. The van der Waals surface area contributed by atoms with Crippen LogP contribution >= 0.6 is 0 Å². The van der Waals surface area contributed by atoms with Gasteiger partial charge in [0.15, 0.2) is 0 Å². The minimum atomic E-state index is -0.965. The molecular weight excluding hydrogens is 402 g/mol. The summed E-state index contributed by atoms with van der Waals surface area (Å²) in [5, 5.41) is 17.5. The predicted molar refractivity (Wildman–Crippen MR) is 127 cm³/mol. The van der Waals surface area contributed by atoms with Gasteiger partial charge in [0.1, 0.15) is 0 Å². The van der Waals surface area contributed by atoms with E-state index in [2.05, 4.69) is 10.6 Å².